The molecule has 3 nitrogen and oxygen atoms in total. The molecule has 14 heavy (non-hydrogen) atoms. The number of hydrogen-bond acceptors (Lipinski definition) is 3. The number of hydrogen-bond donors (Lipinski definition) is 1. The fourth-order valence-corrected chi connectivity index (χ4v) is 2.03. The van der Waals surface area contributed by atoms with Crippen molar-refractivity contribution in [2.75, 3.05) is 0 Å². The maximum atomic E-state index is 9.30. The average molecular weight is 195 g/mol. The van der Waals surface area contributed by atoms with Crippen LogP contribution in [0.15, 0.2) is 10.6 Å². The molecule has 0 spiro atoms. The first-order valence-electron chi connectivity index (χ1n) is 5.41. The van der Waals surface area contributed by atoms with Gasteiger partial charge in [-0.25, -0.2) is 4.98 Å². The van der Waals surface area contributed by atoms with Crippen LogP contribution in [0.25, 0.3) is 0 Å². The van der Waals surface area contributed by atoms with Crippen molar-refractivity contribution in [2.45, 2.75) is 51.0 Å². The van der Waals surface area contributed by atoms with Crippen LogP contribution in [0, 0.1) is 0 Å². The zero-order valence-electron chi connectivity index (χ0n) is 8.57. The molecule has 1 aliphatic rings. The Bertz CT molecular complexity index is 287. The number of aliphatic hydroxyl groups excluding tert-OH is 1. The van der Waals surface area contributed by atoms with Gasteiger partial charge < -0.3 is 9.52 Å². The second-order valence-electron chi connectivity index (χ2n) is 4.11. The fraction of sp³-hybridized carbons (Fsp3) is 0.727. The molecule has 0 saturated heterocycles. The molecule has 1 fully saturated rings. The Balaban J connectivity index is 2.07. The van der Waals surface area contributed by atoms with Gasteiger partial charge in [0.1, 0.15) is 6.10 Å². The van der Waals surface area contributed by atoms with Gasteiger partial charge in [0.05, 0.1) is 6.20 Å². The Labute approximate surface area is 84.2 Å². The summed E-state index contributed by atoms with van der Waals surface area (Å²) < 4.78 is 5.52. The Morgan fingerprint density at radius 3 is 2.71 bits per heavy atom. The first-order valence-corrected chi connectivity index (χ1v) is 5.41. The van der Waals surface area contributed by atoms with Crippen molar-refractivity contribution in [3.8, 4) is 0 Å². The van der Waals surface area contributed by atoms with Crippen molar-refractivity contribution >= 4 is 0 Å². The lowest BCUT2D eigenvalue weighted by molar-refractivity contribution is 0.164. The van der Waals surface area contributed by atoms with Crippen LogP contribution in [-0.4, -0.2) is 10.1 Å². The Kier molecular flexibility index (Phi) is 2.87. The van der Waals surface area contributed by atoms with E-state index >= 15 is 0 Å². The van der Waals surface area contributed by atoms with E-state index in [0.29, 0.717) is 11.7 Å². The summed E-state index contributed by atoms with van der Waals surface area (Å²) >= 11 is 0. The molecule has 0 aromatic carbocycles. The minimum Gasteiger partial charge on any atom is -0.443 e. The van der Waals surface area contributed by atoms with E-state index in [0.717, 1.165) is 5.89 Å². The third-order valence-electron chi connectivity index (χ3n) is 2.91. The van der Waals surface area contributed by atoms with Crippen molar-refractivity contribution in [2.24, 2.45) is 0 Å². The summed E-state index contributed by atoms with van der Waals surface area (Å²) in [4.78, 5) is 4.23. The first-order chi connectivity index (χ1) is 6.77. The van der Waals surface area contributed by atoms with E-state index in [1.807, 2.05) is 0 Å². The van der Waals surface area contributed by atoms with Gasteiger partial charge in [-0.15, -0.1) is 0 Å². The maximum Gasteiger partial charge on any atom is 0.197 e. The zero-order valence-corrected chi connectivity index (χ0v) is 8.57. The molecule has 78 valence electrons. The van der Waals surface area contributed by atoms with Crippen molar-refractivity contribution in [3.05, 3.63) is 17.8 Å². The lowest BCUT2D eigenvalue weighted by atomic mass is 9.89. The molecule has 0 bridgehead atoms. The Morgan fingerprint density at radius 2 is 2.14 bits per heavy atom. The smallest absolute Gasteiger partial charge is 0.197 e. The standard InChI is InChI=1S/C11H17NO2/c1-8(13)10-7-12-11(14-10)9-5-3-2-4-6-9/h7-9,13H,2-6H2,1H3. The van der Waals surface area contributed by atoms with Crippen LogP contribution in [0.3, 0.4) is 0 Å². The molecule has 1 heterocycles. The molecule has 0 amide bonds. The van der Waals surface area contributed by atoms with Crippen molar-refractivity contribution in [1.82, 2.24) is 4.98 Å². The molecule has 1 saturated carbocycles. The highest BCUT2D eigenvalue weighted by molar-refractivity contribution is 5.01. The number of aromatic nitrogens is 1. The number of oxazole rings is 1. The van der Waals surface area contributed by atoms with Crippen molar-refractivity contribution in [1.29, 1.82) is 0 Å². The van der Waals surface area contributed by atoms with Crippen LogP contribution in [0.1, 0.15) is 62.7 Å². The second-order valence-corrected chi connectivity index (χ2v) is 4.11. The SMILES string of the molecule is CC(O)c1cnc(C2CCCCC2)o1. The number of aliphatic hydroxyl groups is 1. The highest BCUT2D eigenvalue weighted by Crippen LogP contribution is 2.32. The summed E-state index contributed by atoms with van der Waals surface area (Å²) in [7, 11) is 0. The normalized spacial score (nSPS) is 21.0. The molecule has 0 radical (unpaired) electrons. The van der Waals surface area contributed by atoms with Gasteiger partial charge >= 0.3 is 0 Å². The van der Waals surface area contributed by atoms with Crippen LogP contribution in [0.5, 0.6) is 0 Å². The lowest BCUT2D eigenvalue weighted by Crippen LogP contribution is -2.04. The molecule has 1 unspecified atom stereocenters. The summed E-state index contributed by atoms with van der Waals surface area (Å²) in [5.74, 6) is 1.89. The van der Waals surface area contributed by atoms with Gasteiger partial charge in [0.2, 0.25) is 0 Å². The molecule has 0 aliphatic heterocycles. The maximum absolute atomic E-state index is 9.30. The highest BCUT2D eigenvalue weighted by atomic mass is 16.4. The minimum atomic E-state index is -0.542. The van der Waals surface area contributed by atoms with Crippen LogP contribution in [-0.2, 0) is 0 Å². The molecular weight excluding hydrogens is 178 g/mol. The van der Waals surface area contributed by atoms with E-state index in [-0.39, 0.29) is 0 Å². The third kappa shape index (κ3) is 1.98. The summed E-state index contributed by atoms with van der Waals surface area (Å²) in [6.07, 6.45) is 7.35. The van der Waals surface area contributed by atoms with Gasteiger partial charge in [0, 0.05) is 5.92 Å². The van der Waals surface area contributed by atoms with Gasteiger partial charge in [-0.1, -0.05) is 19.3 Å². The Morgan fingerprint density at radius 1 is 1.43 bits per heavy atom. The van der Waals surface area contributed by atoms with E-state index in [1.165, 1.54) is 32.1 Å². The van der Waals surface area contributed by atoms with Gasteiger partial charge in [-0.3, -0.25) is 0 Å². The van der Waals surface area contributed by atoms with Crippen LogP contribution in [0.4, 0.5) is 0 Å². The van der Waals surface area contributed by atoms with Crippen LogP contribution in [0.2, 0.25) is 0 Å². The van der Waals surface area contributed by atoms with Gasteiger partial charge in [-0.05, 0) is 19.8 Å². The molecule has 1 aromatic rings. The molecular formula is C11H17NO2. The molecule has 1 aliphatic carbocycles. The number of rotatable bonds is 2. The van der Waals surface area contributed by atoms with Gasteiger partial charge in [-0.2, -0.15) is 0 Å². The summed E-state index contributed by atoms with van der Waals surface area (Å²) in [6.45, 7) is 1.70. The molecule has 1 aromatic heterocycles. The molecule has 1 atom stereocenters. The van der Waals surface area contributed by atoms with E-state index in [9.17, 15) is 5.11 Å². The Hall–Kier alpha value is -0.830. The highest BCUT2D eigenvalue weighted by Gasteiger charge is 2.20. The van der Waals surface area contributed by atoms with Crippen molar-refractivity contribution in [3.63, 3.8) is 0 Å². The molecule has 2 rings (SSSR count). The largest absolute Gasteiger partial charge is 0.443 e. The summed E-state index contributed by atoms with van der Waals surface area (Å²) in [5.41, 5.74) is 0. The molecule has 3 heteroatoms. The average Bonchev–Trinajstić information content (AvgIpc) is 2.68. The predicted octanol–water partition coefficient (Wildman–Crippen LogP) is 2.78. The third-order valence-corrected chi connectivity index (χ3v) is 2.91. The monoisotopic (exact) mass is 195 g/mol. The molecule has 1 N–H and O–H groups in total. The first kappa shape index (κ1) is 9.71. The van der Waals surface area contributed by atoms with Crippen LogP contribution < -0.4 is 0 Å². The van der Waals surface area contributed by atoms with Gasteiger partial charge in [0.25, 0.3) is 0 Å². The predicted molar refractivity (Wildman–Crippen MR) is 53.0 cm³/mol. The quantitative estimate of drug-likeness (QED) is 0.789. The number of nitrogens with zero attached hydrogens (tertiary/aromatic N) is 1. The van der Waals surface area contributed by atoms with E-state index in [4.69, 9.17) is 4.42 Å². The van der Waals surface area contributed by atoms with Gasteiger partial charge in [0.15, 0.2) is 11.7 Å². The zero-order chi connectivity index (χ0) is 9.97. The van der Waals surface area contributed by atoms with E-state index in [1.54, 1.807) is 13.1 Å². The topological polar surface area (TPSA) is 46.3 Å². The fourth-order valence-electron chi connectivity index (χ4n) is 2.03. The summed E-state index contributed by atoms with van der Waals surface area (Å²) in [6, 6.07) is 0. The minimum absolute atomic E-state index is 0.483. The van der Waals surface area contributed by atoms with Crippen molar-refractivity contribution < 1.29 is 9.52 Å². The summed E-state index contributed by atoms with van der Waals surface area (Å²) in [5, 5.41) is 9.30. The second kappa shape index (κ2) is 4.13. The van der Waals surface area contributed by atoms with Crippen LogP contribution >= 0.6 is 0 Å². The lowest BCUT2D eigenvalue weighted by Gasteiger charge is -2.18. The van der Waals surface area contributed by atoms with E-state index in [2.05, 4.69) is 4.98 Å². The van der Waals surface area contributed by atoms with E-state index < -0.39 is 6.10 Å².